The third-order valence-corrected chi connectivity index (χ3v) is 3.42. The van der Waals surface area contributed by atoms with Crippen LogP contribution in [0.25, 0.3) is 10.9 Å². The molecule has 3 aromatic rings. The first kappa shape index (κ1) is 13.5. The minimum Gasteiger partial charge on any atom is -0.389 e. The van der Waals surface area contributed by atoms with Crippen molar-refractivity contribution in [1.82, 2.24) is 9.97 Å². The van der Waals surface area contributed by atoms with Crippen molar-refractivity contribution in [3.05, 3.63) is 66.0 Å². The lowest BCUT2D eigenvalue weighted by Crippen LogP contribution is -2.14. The van der Waals surface area contributed by atoms with Crippen LogP contribution in [-0.4, -0.2) is 15.0 Å². The van der Waals surface area contributed by atoms with E-state index in [0.29, 0.717) is 17.4 Å². The fourth-order valence-electron chi connectivity index (χ4n) is 2.12. The Bertz CT molecular complexity index is 787. The second-order valence-corrected chi connectivity index (χ2v) is 5.09. The summed E-state index contributed by atoms with van der Waals surface area (Å²) < 4.78 is 0. The number of thiocarbonyl (C=S) groups is 1. The van der Waals surface area contributed by atoms with Gasteiger partial charge in [0.25, 0.3) is 0 Å². The van der Waals surface area contributed by atoms with Gasteiger partial charge in [-0.3, -0.25) is 4.98 Å². The van der Waals surface area contributed by atoms with Crippen molar-refractivity contribution in [3.8, 4) is 0 Å². The smallest absolute Gasteiger partial charge is 0.137 e. The van der Waals surface area contributed by atoms with Gasteiger partial charge in [-0.25, -0.2) is 4.98 Å². The average Bonchev–Trinajstić information content (AvgIpc) is 2.53. The molecule has 4 nitrogen and oxygen atoms in total. The molecule has 0 aliphatic heterocycles. The lowest BCUT2D eigenvalue weighted by molar-refractivity contribution is 1.10. The summed E-state index contributed by atoms with van der Waals surface area (Å²) in [6.07, 6.45) is 3.53. The molecule has 3 rings (SSSR count). The highest BCUT2D eigenvalue weighted by Gasteiger charge is 2.09. The van der Waals surface area contributed by atoms with E-state index in [9.17, 15) is 0 Å². The lowest BCUT2D eigenvalue weighted by atomic mass is 10.1. The van der Waals surface area contributed by atoms with Crippen molar-refractivity contribution >= 4 is 33.9 Å². The van der Waals surface area contributed by atoms with E-state index < -0.39 is 0 Å². The van der Waals surface area contributed by atoms with Gasteiger partial charge in [0.05, 0.1) is 11.1 Å². The van der Waals surface area contributed by atoms with E-state index in [-0.39, 0.29) is 0 Å². The zero-order valence-corrected chi connectivity index (χ0v) is 12.1. The largest absolute Gasteiger partial charge is 0.389 e. The summed E-state index contributed by atoms with van der Waals surface area (Å²) in [6, 6.07) is 13.8. The number of rotatable bonds is 4. The van der Waals surface area contributed by atoms with Gasteiger partial charge in [0, 0.05) is 24.3 Å². The minimum absolute atomic E-state index is 0.338. The Morgan fingerprint density at radius 1 is 1.14 bits per heavy atom. The molecular formula is C16H14N4S. The summed E-state index contributed by atoms with van der Waals surface area (Å²) in [5, 5.41) is 4.32. The van der Waals surface area contributed by atoms with Gasteiger partial charge in [0.2, 0.25) is 0 Å². The van der Waals surface area contributed by atoms with Gasteiger partial charge >= 0.3 is 0 Å². The average molecular weight is 294 g/mol. The first-order valence-electron chi connectivity index (χ1n) is 6.56. The molecule has 0 amide bonds. The first-order chi connectivity index (χ1) is 10.2. The molecule has 0 saturated carbocycles. The van der Waals surface area contributed by atoms with E-state index >= 15 is 0 Å². The third-order valence-electron chi connectivity index (χ3n) is 3.20. The van der Waals surface area contributed by atoms with Gasteiger partial charge in [-0.2, -0.15) is 0 Å². The number of para-hydroxylation sites is 1. The molecule has 104 valence electrons. The molecule has 0 saturated heterocycles. The number of hydrogen-bond donors (Lipinski definition) is 2. The van der Waals surface area contributed by atoms with Crippen molar-refractivity contribution < 1.29 is 0 Å². The van der Waals surface area contributed by atoms with Gasteiger partial charge in [0.15, 0.2) is 0 Å². The van der Waals surface area contributed by atoms with Crippen LogP contribution >= 0.6 is 12.2 Å². The van der Waals surface area contributed by atoms with Gasteiger partial charge in [-0.15, -0.1) is 0 Å². The number of nitrogens with zero attached hydrogens (tertiary/aromatic N) is 2. The van der Waals surface area contributed by atoms with E-state index in [2.05, 4.69) is 15.3 Å². The van der Waals surface area contributed by atoms with Crippen LogP contribution in [0.2, 0.25) is 0 Å². The van der Waals surface area contributed by atoms with Crippen LogP contribution in [0.5, 0.6) is 0 Å². The topological polar surface area (TPSA) is 63.8 Å². The maximum Gasteiger partial charge on any atom is 0.137 e. The summed E-state index contributed by atoms with van der Waals surface area (Å²) in [6.45, 7) is 0.642. The van der Waals surface area contributed by atoms with Crippen molar-refractivity contribution in [2.24, 2.45) is 5.73 Å². The summed E-state index contributed by atoms with van der Waals surface area (Å²) in [5.74, 6) is 0.706. The molecule has 1 aromatic carbocycles. The second kappa shape index (κ2) is 5.85. The van der Waals surface area contributed by atoms with Crippen molar-refractivity contribution in [1.29, 1.82) is 0 Å². The van der Waals surface area contributed by atoms with Gasteiger partial charge < -0.3 is 11.1 Å². The van der Waals surface area contributed by atoms with E-state index in [0.717, 1.165) is 22.0 Å². The maximum atomic E-state index is 5.82. The predicted molar refractivity (Wildman–Crippen MR) is 89.2 cm³/mol. The van der Waals surface area contributed by atoms with E-state index in [1.165, 1.54) is 0 Å². The second-order valence-electron chi connectivity index (χ2n) is 4.65. The number of aromatic nitrogens is 2. The Morgan fingerprint density at radius 2 is 1.90 bits per heavy atom. The summed E-state index contributed by atoms with van der Waals surface area (Å²) in [5.41, 5.74) is 8.61. The van der Waals surface area contributed by atoms with Crippen LogP contribution in [0.15, 0.2) is 54.9 Å². The number of pyridine rings is 2. The molecule has 2 aromatic heterocycles. The standard InChI is InChI=1S/C16H14N4S/c17-15(21)13-9-12-3-1-2-4-14(12)20-16(13)19-10-11-5-7-18-8-6-11/h1-9H,10H2,(H2,17,21)(H,19,20). The Kier molecular flexibility index (Phi) is 3.75. The van der Waals surface area contributed by atoms with Gasteiger partial charge in [0.1, 0.15) is 10.8 Å². The normalized spacial score (nSPS) is 10.5. The number of hydrogen-bond acceptors (Lipinski definition) is 4. The Hall–Kier alpha value is -2.53. The van der Waals surface area contributed by atoms with Crippen LogP contribution in [0.1, 0.15) is 11.1 Å². The number of anilines is 1. The first-order valence-corrected chi connectivity index (χ1v) is 6.97. The van der Waals surface area contributed by atoms with Crippen LogP contribution in [0.4, 0.5) is 5.82 Å². The zero-order valence-electron chi connectivity index (χ0n) is 11.3. The third kappa shape index (κ3) is 2.98. The molecule has 0 atom stereocenters. The molecule has 2 heterocycles. The van der Waals surface area contributed by atoms with E-state index in [4.69, 9.17) is 18.0 Å². The maximum absolute atomic E-state index is 5.82. The van der Waals surface area contributed by atoms with E-state index in [1.807, 2.05) is 42.5 Å². The lowest BCUT2D eigenvalue weighted by Gasteiger charge is -2.11. The molecule has 5 heteroatoms. The Morgan fingerprint density at radius 3 is 2.67 bits per heavy atom. The monoisotopic (exact) mass is 294 g/mol. The van der Waals surface area contributed by atoms with Crippen molar-refractivity contribution in [2.75, 3.05) is 5.32 Å². The Labute approximate surface area is 128 Å². The highest BCUT2D eigenvalue weighted by Crippen LogP contribution is 2.21. The number of nitrogens with one attached hydrogen (secondary N) is 1. The van der Waals surface area contributed by atoms with E-state index in [1.54, 1.807) is 12.4 Å². The molecule has 0 spiro atoms. The molecule has 0 aliphatic rings. The molecule has 0 fully saturated rings. The zero-order chi connectivity index (χ0) is 14.7. The van der Waals surface area contributed by atoms with Crippen LogP contribution in [0, 0.1) is 0 Å². The summed E-state index contributed by atoms with van der Waals surface area (Å²) >= 11 is 5.13. The molecule has 0 bridgehead atoms. The fraction of sp³-hybridized carbons (Fsp3) is 0.0625. The predicted octanol–water partition coefficient (Wildman–Crippen LogP) is 2.88. The van der Waals surface area contributed by atoms with Gasteiger partial charge in [-0.05, 0) is 29.8 Å². The van der Waals surface area contributed by atoms with Crippen molar-refractivity contribution in [2.45, 2.75) is 6.54 Å². The van der Waals surface area contributed by atoms with Crippen LogP contribution < -0.4 is 11.1 Å². The fourth-order valence-corrected chi connectivity index (χ4v) is 2.28. The van der Waals surface area contributed by atoms with Gasteiger partial charge in [-0.1, -0.05) is 30.4 Å². The molecule has 0 radical (unpaired) electrons. The quantitative estimate of drug-likeness (QED) is 0.724. The SMILES string of the molecule is NC(=S)c1cc2ccccc2nc1NCc1ccncc1. The number of benzene rings is 1. The summed E-state index contributed by atoms with van der Waals surface area (Å²) in [4.78, 5) is 8.96. The highest BCUT2D eigenvalue weighted by atomic mass is 32.1. The molecule has 0 aliphatic carbocycles. The van der Waals surface area contributed by atoms with Crippen LogP contribution in [-0.2, 0) is 6.54 Å². The molecule has 21 heavy (non-hydrogen) atoms. The minimum atomic E-state index is 0.338. The summed E-state index contributed by atoms with van der Waals surface area (Å²) in [7, 11) is 0. The molecular weight excluding hydrogens is 280 g/mol. The van der Waals surface area contributed by atoms with Crippen molar-refractivity contribution in [3.63, 3.8) is 0 Å². The molecule has 0 unspecified atom stereocenters. The highest BCUT2D eigenvalue weighted by molar-refractivity contribution is 7.80. The number of nitrogens with two attached hydrogens (primary N) is 1. The number of fused-ring (bicyclic) bond motifs is 1. The van der Waals surface area contributed by atoms with Crippen LogP contribution in [0.3, 0.4) is 0 Å². The molecule has 3 N–H and O–H groups in total. The Balaban J connectivity index is 1.96.